The van der Waals surface area contributed by atoms with E-state index in [2.05, 4.69) is 27.4 Å². The van der Waals surface area contributed by atoms with Crippen LogP contribution in [-0.4, -0.2) is 81.9 Å². The first-order valence-electron chi connectivity index (χ1n) is 16.4. The lowest BCUT2D eigenvalue weighted by Gasteiger charge is -2.49. The quantitative estimate of drug-likeness (QED) is 0.258. The number of sulfone groups is 1. The second kappa shape index (κ2) is 13.6. The van der Waals surface area contributed by atoms with Gasteiger partial charge in [0.1, 0.15) is 12.3 Å². The molecule has 6 rings (SSSR count). The Balaban J connectivity index is 1.14. The van der Waals surface area contributed by atoms with Crippen LogP contribution in [0.4, 0.5) is 24.5 Å². The van der Waals surface area contributed by atoms with Crippen molar-refractivity contribution in [2.45, 2.75) is 75.1 Å². The highest BCUT2D eigenvalue weighted by Crippen LogP contribution is 2.40. The van der Waals surface area contributed by atoms with Crippen molar-refractivity contribution in [3.05, 3.63) is 48.2 Å². The first-order chi connectivity index (χ1) is 22.5. The SMILES string of the molecule is CCS(=O)(=O)c1ccc(NCC#Cc2cc3c(NC4CCC(N5CCC6(CC5)COC6)CC4)cccc3n2CC(F)(F)F)c(OC)c1. The van der Waals surface area contributed by atoms with E-state index in [9.17, 15) is 21.6 Å². The summed E-state index contributed by atoms with van der Waals surface area (Å²) in [6.45, 7) is 4.65. The van der Waals surface area contributed by atoms with Gasteiger partial charge in [-0.25, -0.2) is 8.42 Å². The highest BCUT2D eigenvalue weighted by atomic mass is 32.2. The van der Waals surface area contributed by atoms with Crippen LogP contribution in [-0.2, 0) is 21.1 Å². The van der Waals surface area contributed by atoms with Gasteiger partial charge in [0.05, 0.1) is 54.4 Å². The van der Waals surface area contributed by atoms with Gasteiger partial charge < -0.3 is 29.6 Å². The molecule has 0 radical (unpaired) electrons. The summed E-state index contributed by atoms with van der Waals surface area (Å²) in [5.74, 6) is 6.18. The number of rotatable bonds is 9. The minimum atomic E-state index is -4.42. The average Bonchev–Trinajstić information content (AvgIpc) is 3.39. The van der Waals surface area contributed by atoms with Crippen molar-refractivity contribution in [1.29, 1.82) is 0 Å². The number of aromatic nitrogens is 1. The van der Waals surface area contributed by atoms with E-state index in [0.717, 1.165) is 63.1 Å². The molecule has 1 saturated carbocycles. The molecular weight excluding hydrogens is 629 g/mol. The van der Waals surface area contributed by atoms with E-state index in [-0.39, 0.29) is 28.9 Å². The number of methoxy groups -OCH3 is 1. The van der Waals surface area contributed by atoms with Crippen LogP contribution < -0.4 is 15.4 Å². The summed E-state index contributed by atoms with van der Waals surface area (Å²) in [6, 6.07) is 12.6. The molecule has 1 aliphatic carbocycles. The lowest BCUT2D eigenvalue weighted by molar-refractivity contribution is -0.143. The molecule has 2 aromatic carbocycles. The number of benzene rings is 2. The maximum atomic E-state index is 13.7. The molecule has 3 aliphatic rings. The van der Waals surface area contributed by atoms with Crippen molar-refractivity contribution in [2.24, 2.45) is 5.41 Å². The minimum Gasteiger partial charge on any atom is -0.495 e. The number of fused-ring (bicyclic) bond motifs is 1. The van der Waals surface area contributed by atoms with Crippen molar-refractivity contribution in [2.75, 3.05) is 56.3 Å². The van der Waals surface area contributed by atoms with E-state index in [1.807, 2.05) is 6.07 Å². The predicted octanol–water partition coefficient (Wildman–Crippen LogP) is 6.30. The molecule has 0 unspecified atom stereocenters. The molecule has 8 nitrogen and oxygen atoms in total. The largest absolute Gasteiger partial charge is 0.495 e. The first kappa shape index (κ1) is 33.5. The molecule has 12 heteroatoms. The van der Waals surface area contributed by atoms with Gasteiger partial charge in [0.25, 0.3) is 0 Å². The van der Waals surface area contributed by atoms with Gasteiger partial charge in [0.15, 0.2) is 9.84 Å². The van der Waals surface area contributed by atoms with Gasteiger partial charge in [-0.3, -0.25) is 0 Å². The molecule has 2 N–H and O–H groups in total. The number of hydrogen-bond donors (Lipinski definition) is 2. The lowest BCUT2D eigenvalue weighted by atomic mass is 9.76. The minimum absolute atomic E-state index is 0.0331. The van der Waals surface area contributed by atoms with E-state index in [1.54, 1.807) is 31.2 Å². The molecule has 3 fully saturated rings. The number of nitrogens with zero attached hydrogens (tertiary/aromatic N) is 2. The molecule has 1 aromatic heterocycles. The second-order valence-corrected chi connectivity index (χ2v) is 15.3. The number of likely N-dealkylation sites (tertiary alicyclic amines) is 1. The fourth-order valence-electron chi connectivity index (χ4n) is 7.16. The average molecular weight is 673 g/mol. The Bertz CT molecular complexity index is 1740. The molecule has 47 heavy (non-hydrogen) atoms. The number of halogens is 3. The highest BCUT2D eigenvalue weighted by Gasteiger charge is 2.42. The molecule has 254 valence electrons. The van der Waals surface area contributed by atoms with Gasteiger partial charge in [-0.15, -0.1) is 0 Å². The monoisotopic (exact) mass is 672 g/mol. The van der Waals surface area contributed by atoms with Crippen LogP contribution in [0.15, 0.2) is 47.4 Å². The third kappa shape index (κ3) is 7.53. The summed E-state index contributed by atoms with van der Waals surface area (Å²) >= 11 is 0. The van der Waals surface area contributed by atoms with Crippen LogP contribution in [0, 0.1) is 17.3 Å². The van der Waals surface area contributed by atoms with E-state index in [1.165, 1.54) is 36.7 Å². The Labute approximate surface area is 274 Å². The Kier molecular flexibility index (Phi) is 9.70. The lowest BCUT2D eigenvalue weighted by Crippen LogP contribution is -2.53. The zero-order valence-electron chi connectivity index (χ0n) is 27.0. The van der Waals surface area contributed by atoms with Gasteiger partial charge in [0.2, 0.25) is 0 Å². The molecule has 2 saturated heterocycles. The van der Waals surface area contributed by atoms with Crippen LogP contribution >= 0.6 is 0 Å². The second-order valence-electron chi connectivity index (χ2n) is 13.1. The molecule has 0 amide bonds. The van der Waals surface area contributed by atoms with Gasteiger partial charge >= 0.3 is 6.18 Å². The molecule has 3 heterocycles. The smallest absolute Gasteiger partial charge is 0.406 e. The maximum absolute atomic E-state index is 13.7. The Morgan fingerprint density at radius 2 is 1.79 bits per heavy atom. The van der Waals surface area contributed by atoms with Crippen molar-refractivity contribution < 1.29 is 31.1 Å². The van der Waals surface area contributed by atoms with Crippen molar-refractivity contribution in [1.82, 2.24) is 9.47 Å². The molecule has 0 bridgehead atoms. The highest BCUT2D eigenvalue weighted by molar-refractivity contribution is 7.91. The third-order valence-electron chi connectivity index (χ3n) is 10.0. The Hall–Kier alpha value is -3.40. The molecular formula is C35H43F3N4O4S. The molecule has 3 aromatic rings. The van der Waals surface area contributed by atoms with E-state index in [0.29, 0.717) is 28.4 Å². The van der Waals surface area contributed by atoms with Gasteiger partial charge in [0, 0.05) is 34.6 Å². The van der Waals surface area contributed by atoms with Crippen LogP contribution in [0.5, 0.6) is 5.75 Å². The number of ether oxygens (including phenoxy) is 2. The normalized spacial score (nSPS) is 21.6. The number of anilines is 2. The topological polar surface area (TPSA) is 84.8 Å². The molecule has 2 aliphatic heterocycles. The van der Waals surface area contributed by atoms with Gasteiger partial charge in [-0.2, -0.15) is 13.2 Å². The Morgan fingerprint density at radius 1 is 1.04 bits per heavy atom. The molecule has 1 spiro atoms. The van der Waals surface area contributed by atoms with Crippen LogP contribution in [0.3, 0.4) is 0 Å². The van der Waals surface area contributed by atoms with Crippen molar-refractivity contribution in [3.63, 3.8) is 0 Å². The number of piperidine rings is 1. The van der Waals surface area contributed by atoms with E-state index >= 15 is 0 Å². The number of alkyl halides is 3. The summed E-state index contributed by atoms with van der Waals surface area (Å²) in [6.07, 6.45) is 2.27. The standard InChI is InChI=1S/C35H43F3N4O4S/c1-3-47(43,44)28-13-14-31(33(21-28)45-2)39-17-5-6-27-20-29-30(7-4-8-32(29)42(27)22-35(36,37)38)40-25-9-11-26(12-10-25)41-18-15-34(16-19-41)23-46-24-34/h4,7-8,13-14,20-21,25-26,39-40H,3,9-12,15-19,22-24H2,1-2H3. The van der Waals surface area contributed by atoms with Crippen LogP contribution in [0.1, 0.15) is 51.1 Å². The maximum Gasteiger partial charge on any atom is 0.406 e. The number of nitrogens with one attached hydrogen (secondary N) is 2. The Morgan fingerprint density at radius 3 is 2.43 bits per heavy atom. The number of hydrogen-bond acceptors (Lipinski definition) is 7. The van der Waals surface area contributed by atoms with E-state index < -0.39 is 22.6 Å². The summed E-state index contributed by atoms with van der Waals surface area (Å²) in [5.41, 5.74) is 2.54. The van der Waals surface area contributed by atoms with Gasteiger partial charge in [-0.1, -0.05) is 18.9 Å². The fraction of sp³-hybridized carbons (Fsp3) is 0.543. The van der Waals surface area contributed by atoms with Crippen LogP contribution in [0.2, 0.25) is 0 Å². The first-order valence-corrected chi connectivity index (χ1v) is 18.1. The predicted molar refractivity (Wildman–Crippen MR) is 178 cm³/mol. The summed E-state index contributed by atoms with van der Waals surface area (Å²) < 4.78 is 77.8. The molecule has 0 atom stereocenters. The third-order valence-corrected chi connectivity index (χ3v) is 11.8. The zero-order valence-corrected chi connectivity index (χ0v) is 27.8. The summed E-state index contributed by atoms with van der Waals surface area (Å²) in [5, 5.41) is 7.46. The van der Waals surface area contributed by atoms with Crippen molar-refractivity contribution >= 4 is 32.1 Å². The van der Waals surface area contributed by atoms with Crippen molar-refractivity contribution in [3.8, 4) is 17.6 Å². The van der Waals surface area contributed by atoms with Crippen LogP contribution in [0.25, 0.3) is 10.9 Å². The zero-order chi connectivity index (χ0) is 33.2. The van der Waals surface area contributed by atoms with Gasteiger partial charge in [-0.05, 0) is 87.9 Å². The summed E-state index contributed by atoms with van der Waals surface area (Å²) in [4.78, 5) is 2.81. The summed E-state index contributed by atoms with van der Waals surface area (Å²) in [7, 11) is -1.97. The fourth-order valence-corrected chi connectivity index (χ4v) is 8.06. The van der Waals surface area contributed by atoms with E-state index in [4.69, 9.17) is 9.47 Å².